The van der Waals surface area contributed by atoms with E-state index in [-0.39, 0.29) is 24.1 Å². The van der Waals surface area contributed by atoms with E-state index in [1.165, 1.54) is 12.1 Å². The lowest BCUT2D eigenvalue weighted by molar-refractivity contribution is -0.384. The van der Waals surface area contributed by atoms with Gasteiger partial charge in [0.15, 0.2) is 0 Å². The first-order chi connectivity index (χ1) is 9.99. The third-order valence-corrected chi connectivity index (χ3v) is 3.93. The molecule has 1 aromatic carbocycles. The molecule has 2 rings (SSSR count). The maximum atomic E-state index is 12.4. The molecule has 1 N–H and O–H groups in total. The summed E-state index contributed by atoms with van der Waals surface area (Å²) >= 11 is 0. The number of hydrogen-bond donors (Lipinski definition) is 1. The van der Waals surface area contributed by atoms with Gasteiger partial charge in [0.2, 0.25) is 5.91 Å². The second-order valence-corrected chi connectivity index (χ2v) is 5.49. The maximum absolute atomic E-state index is 12.4. The summed E-state index contributed by atoms with van der Waals surface area (Å²) < 4.78 is 0. The molecule has 114 valence electrons. The highest BCUT2D eigenvalue weighted by Crippen LogP contribution is 2.21. The number of nitro benzene ring substituents is 1. The van der Waals surface area contributed by atoms with Crippen molar-refractivity contribution in [2.45, 2.75) is 44.8 Å². The quantitative estimate of drug-likeness (QED) is 0.678. The van der Waals surface area contributed by atoms with E-state index in [1.807, 2.05) is 0 Å². The SMILES string of the molecule is C[C@H](O)[C@@H]1CCCCN1C(=O)Cc1ccc([N+](=O)[O-])cc1. The lowest BCUT2D eigenvalue weighted by Gasteiger charge is -2.37. The van der Waals surface area contributed by atoms with Crippen LogP contribution in [-0.4, -0.2) is 39.5 Å². The maximum Gasteiger partial charge on any atom is 0.269 e. The van der Waals surface area contributed by atoms with E-state index in [2.05, 4.69) is 0 Å². The molecule has 1 fully saturated rings. The number of aliphatic hydroxyl groups is 1. The Morgan fingerprint density at radius 3 is 2.67 bits per heavy atom. The van der Waals surface area contributed by atoms with Gasteiger partial charge in [0.25, 0.3) is 5.69 Å². The monoisotopic (exact) mass is 292 g/mol. The van der Waals surface area contributed by atoms with Crippen LogP contribution in [0.25, 0.3) is 0 Å². The standard InChI is InChI=1S/C15H20N2O4/c1-11(18)14-4-2-3-9-16(14)15(19)10-12-5-7-13(8-6-12)17(20)21/h5-8,11,14,18H,2-4,9-10H2,1H3/t11-,14-/m0/s1. The molecule has 1 aliphatic rings. The number of rotatable bonds is 4. The molecule has 0 aliphatic carbocycles. The Kier molecular flexibility index (Phi) is 4.90. The Labute approximate surface area is 123 Å². The lowest BCUT2D eigenvalue weighted by Crippen LogP contribution is -2.49. The van der Waals surface area contributed by atoms with Gasteiger partial charge in [-0.25, -0.2) is 0 Å². The molecule has 0 bridgehead atoms. The van der Waals surface area contributed by atoms with Crippen molar-refractivity contribution >= 4 is 11.6 Å². The van der Waals surface area contributed by atoms with Crippen LogP contribution in [0, 0.1) is 10.1 Å². The summed E-state index contributed by atoms with van der Waals surface area (Å²) in [5.74, 6) is -0.0329. The number of hydrogen-bond acceptors (Lipinski definition) is 4. The molecule has 0 aromatic heterocycles. The minimum absolute atomic E-state index is 0.0195. The number of amides is 1. The normalized spacial score (nSPS) is 20.1. The third kappa shape index (κ3) is 3.78. The van der Waals surface area contributed by atoms with Gasteiger partial charge in [0.1, 0.15) is 0 Å². The minimum Gasteiger partial charge on any atom is -0.391 e. The Bertz CT molecular complexity index is 513. The van der Waals surface area contributed by atoms with Crippen LogP contribution in [0.5, 0.6) is 0 Å². The van der Waals surface area contributed by atoms with Gasteiger partial charge < -0.3 is 10.0 Å². The summed E-state index contributed by atoms with van der Waals surface area (Å²) in [4.78, 5) is 24.3. The molecule has 1 saturated heterocycles. The molecule has 0 unspecified atom stereocenters. The molecular weight excluding hydrogens is 272 g/mol. The Morgan fingerprint density at radius 1 is 1.43 bits per heavy atom. The zero-order valence-electron chi connectivity index (χ0n) is 12.1. The molecule has 21 heavy (non-hydrogen) atoms. The first-order valence-electron chi connectivity index (χ1n) is 7.20. The van der Waals surface area contributed by atoms with Crippen LogP contribution in [0.1, 0.15) is 31.7 Å². The van der Waals surface area contributed by atoms with Crippen molar-refractivity contribution in [2.75, 3.05) is 6.54 Å². The lowest BCUT2D eigenvalue weighted by atomic mass is 9.97. The molecule has 6 nitrogen and oxygen atoms in total. The second-order valence-electron chi connectivity index (χ2n) is 5.49. The highest BCUT2D eigenvalue weighted by molar-refractivity contribution is 5.79. The van der Waals surface area contributed by atoms with Gasteiger partial charge in [-0.2, -0.15) is 0 Å². The predicted molar refractivity (Wildman–Crippen MR) is 77.8 cm³/mol. The number of piperidine rings is 1. The van der Waals surface area contributed by atoms with Crippen LogP contribution in [-0.2, 0) is 11.2 Å². The number of likely N-dealkylation sites (tertiary alicyclic amines) is 1. The van der Waals surface area contributed by atoms with Crippen molar-refractivity contribution < 1.29 is 14.8 Å². The van der Waals surface area contributed by atoms with E-state index in [4.69, 9.17) is 0 Å². The van der Waals surface area contributed by atoms with Gasteiger partial charge in [-0.15, -0.1) is 0 Å². The molecule has 1 aliphatic heterocycles. The first-order valence-corrected chi connectivity index (χ1v) is 7.20. The Balaban J connectivity index is 2.04. The molecule has 1 aromatic rings. The van der Waals surface area contributed by atoms with Crippen molar-refractivity contribution in [3.63, 3.8) is 0 Å². The topological polar surface area (TPSA) is 83.7 Å². The average Bonchev–Trinajstić information content (AvgIpc) is 2.47. The van der Waals surface area contributed by atoms with Gasteiger partial charge in [-0.3, -0.25) is 14.9 Å². The fourth-order valence-corrected chi connectivity index (χ4v) is 2.78. The average molecular weight is 292 g/mol. The third-order valence-electron chi connectivity index (χ3n) is 3.93. The highest BCUT2D eigenvalue weighted by Gasteiger charge is 2.29. The van der Waals surface area contributed by atoms with Crippen LogP contribution < -0.4 is 0 Å². The van der Waals surface area contributed by atoms with Gasteiger partial charge >= 0.3 is 0 Å². The van der Waals surface area contributed by atoms with Gasteiger partial charge in [-0.1, -0.05) is 12.1 Å². The van der Waals surface area contributed by atoms with Gasteiger partial charge in [0, 0.05) is 18.7 Å². The molecule has 0 radical (unpaired) electrons. The fourth-order valence-electron chi connectivity index (χ4n) is 2.78. The summed E-state index contributed by atoms with van der Waals surface area (Å²) in [6.45, 7) is 2.38. The van der Waals surface area contributed by atoms with E-state index in [0.29, 0.717) is 6.54 Å². The minimum atomic E-state index is -0.536. The summed E-state index contributed by atoms with van der Waals surface area (Å²) in [5.41, 5.74) is 0.770. The number of carbonyl (C=O) groups is 1. The second kappa shape index (κ2) is 6.67. The molecule has 1 amide bonds. The number of carbonyl (C=O) groups excluding carboxylic acids is 1. The summed E-state index contributed by atoms with van der Waals surface area (Å²) in [7, 11) is 0. The molecule has 0 saturated carbocycles. The predicted octanol–water partition coefficient (Wildman–Crippen LogP) is 1.90. The fraction of sp³-hybridized carbons (Fsp3) is 0.533. The zero-order valence-corrected chi connectivity index (χ0v) is 12.1. The highest BCUT2D eigenvalue weighted by atomic mass is 16.6. The number of non-ortho nitro benzene ring substituents is 1. The van der Waals surface area contributed by atoms with Crippen LogP contribution in [0.2, 0.25) is 0 Å². The van der Waals surface area contributed by atoms with Crippen LogP contribution in [0.4, 0.5) is 5.69 Å². The van der Waals surface area contributed by atoms with Gasteiger partial charge in [-0.05, 0) is 31.7 Å². The molecule has 1 heterocycles. The van der Waals surface area contributed by atoms with Crippen molar-refractivity contribution in [3.05, 3.63) is 39.9 Å². The van der Waals surface area contributed by atoms with E-state index in [9.17, 15) is 20.0 Å². The molecule has 0 spiro atoms. The Morgan fingerprint density at radius 2 is 2.10 bits per heavy atom. The van der Waals surface area contributed by atoms with Crippen LogP contribution >= 0.6 is 0 Å². The Hall–Kier alpha value is -1.95. The van der Waals surface area contributed by atoms with Crippen LogP contribution in [0.15, 0.2) is 24.3 Å². The van der Waals surface area contributed by atoms with Crippen molar-refractivity contribution in [1.29, 1.82) is 0 Å². The largest absolute Gasteiger partial charge is 0.391 e. The van der Waals surface area contributed by atoms with E-state index < -0.39 is 11.0 Å². The summed E-state index contributed by atoms with van der Waals surface area (Å²) in [5, 5.41) is 20.4. The summed E-state index contributed by atoms with van der Waals surface area (Å²) in [6.07, 6.45) is 2.47. The number of nitro groups is 1. The number of aliphatic hydroxyl groups excluding tert-OH is 1. The van der Waals surface area contributed by atoms with Crippen molar-refractivity contribution in [1.82, 2.24) is 4.90 Å². The number of benzene rings is 1. The number of nitrogens with zero attached hydrogens (tertiary/aromatic N) is 2. The van der Waals surface area contributed by atoms with Gasteiger partial charge in [0.05, 0.1) is 23.5 Å². The first kappa shape index (κ1) is 15.4. The molecule has 6 heteroatoms. The van der Waals surface area contributed by atoms with E-state index >= 15 is 0 Å². The molecular formula is C15H20N2O4. The van der Waals surface area contributed by atoms with Crippen LogP contribution in [0.3, 0.4) is 0 Å². The smallest absolute Gasteiger partial charge is 0.269 e. The van der Waals surface area contributed by atoms with E-state index in [1.54, 1.807) is 24.0 Å². The zero-order chi connectivity index (χ0) is 15.4. The van der Waals surface area contributed by atoms with Crippen molar-refractivity contribution in [3.8, 4) is 0 Å². The molecule has 2 atom stereocenters. The van der Waals surface area contributed by atoms with E-state index in [0.717, 1.165) is 24.8 Å². The summed E-state index contributed by atoms with van der Waals surface area (Å²) in [6, 6.07) is 5.91. The van der Waals surface area contributed by atoms with Crippen molar-refractivity contribution in [2.24, 2.45) is 0 Å².